The van der Waals surface area contributed by atoms with Gasteiger partial charge in [-0.15, -0.1) is 0 Å². The van der Waals surface area contributed by atoms with E-state index < -0.39 is 5.91 Å². The lowest BCUT2D eigenvalue weighted by molar-refractivity contribution is -0.125. The number of carbonyl (C=O) groups excluding carboxylic acids is 1. The fourth-order valence-electron chi connectivity index (χ4n) is 1.50. The van der Waals surface area contributed by atoms with E-state index in [4.69, 9.17) is 15.3 Å². The van der Waals surface area contributed by atoms with Crippen LogP contribution in [0.3, 0.4) is 0 Å². The standard InChI is InChI=1S/C14H22N2O3/c1-2-3-4-9-18-13-7-5-12(6-8-13)10-16-19-11-14(15)17/h5-8,16H,2-4,9-11H2,1H3,(H2,15,17). The molecule has 1 aromatic carbocycles. The second-order valence-electron chi connectivity index (χ2n) is 4.28. The number of hydrogen-bond acceptors (Lipinski definition) is 4. The summed E-state index contributed by atoms with van der Waals surface area (Å²) in [6, 6.07) is 7.76. The van der Waals surface area contributed by atoms with Gasteiger partial charge in [-0.1, -0.05) is 31.9 Å². The zero-order chi connectivity index (χ0) is 13.9. The van der Waals surface area contributed by atoms with Gasteiger partial charge in [-0.05, 0) is 24.1 Å². The molecule has 5 heteroatoms. The molecule has 0 radical (unpaired) electrons. The molecule has 106 valence electrons. The second-order valence-corrected chi connectivity index (χ2v) is 4.28. The zero-order valence-corrected chi connectivity index (χ0v) is 11.4. The Bertz CT molecular complexity index is 365. The highest BCUT2D eigenvalue weighted by atomic mass is 16.6. The van der Waals surface area contributed by atoms with Crippen LogP contribution in [0.1, 0.15) is 31.7 Å². The molecule has 0 heterocycles. The fourth-order valence-corrected chi connectivity index (χ4v) is 1.50. The van der Waals surface area contributed by atoms with E-state index in [2.05, 4.69) is 12.4 Å². The summed E-state index contributed by atoms with van der Waals surface area (Å²) < 4.78 is 5.61. The summed E-state index contributed by atoms with van der Waals surface area (Å²) in [6.45, 7) is 3.32. The van der Waals surface area contributed by atoms with Gasteiger partial charge in [-0.2, -0.15) is 5.48 Å². The van der Waals surface area contributed by atoms with Gasteiger partial charge in [0, 0.05) is 6.54 Å². The molecule has 19 heavy (non-hydrogen) atoms. The largest absolute Gasteiger partial charge is 0.494 e. The molecule has 0 bridgehead atoms. The van der Waals surface area contributed by atoms with Crippen molar-refractivity contribution < 1.29 is 14.4 Å². The Kier molecular flexibility index (Phi) is 7.62. The Morgan fingerprint density at radius 1 is 1.26 bits per heavy atom. The quantitative estimate of drug-likeness (QED) is 0.500. The van der Waals surface area contributed by atoms with Gasteiger partial charge >= 0.3 is 0 Å². The first-order valence-electron chi connectivity index (χ1n) is 6.57. The number of carbonyl (C=O) groups is 1. The molecule has 0 aliphatic carbocycles. The molecule has 3 N–H and O–H groups in total. The number of hydrogen-bond donors (Lipinski definition) is 2. The van der Waals surface area contributed by atoms with Crippen molar-refractivity contribution >= 4 is 5.91 Å². The van der Waals surface area contributed by atoms with Crippen LogP contribution in [0.4, 0.5) is 0 Å². The summed E-state index contributed by atoms with van der Waals surface area (Å²) in [5.41, 5.74) is 8.66. The summed E-state index contributed by atoms with van der Waals surface area (Å²) in [4.78, 5) is 15.3. The van der Waals surface area contributed by atoms with Crippen molar-refractivity contribution in [1.29, 1.82) is 0 Å². The third kappa shape index (κ3) is 7.43. The third-order valence-corrected chi connectivity index (χ3v) is 2.53. The molecule has 0 unspecified atom stereocenters. The molecule has 1 rings (SSSR count). The Morgan fingerprint density at radius 3 is 2.63 bits per heavy atom. The van der Waals surface area contributed by atoms with Crippen LogP contribution < -0.4 is 16.0 Å². The van der Waals surface area contributed by atoms with E-state index in [9.17, 15) is 4.79 Å². The number of hydroxylamine groups is 1. The molecule has 0 spiro atoms. The number of ether oxygens (including phenoxy) is 1. The summed E-state index contributed by atoms with van der Waals surface area (Å²) in [6.07, 6.45) is 3.47. The SMILES string of the molecule is CCCCCOc1ccc(CNOCC(N)=O)cc1. The zero-order valence-electron chi connectivity index (χ0n) is 11.4. The predicted molar refractivity (Wildman–Crippen MR) is 73.4 cm³/mol. The Morgan fingerprint density at radius 2 is 2.00 bits per heavy atom. The normalized spacial score (nSPS) is 10.4. The average Bonchev–Trinajstić information content (AvgIpc) is 2.41. The summed E-state index contributed by atoms with van der Waals surface area (Å²) in [7, 11) is 0. The fraction of sp³-hybridized carbons (Fsp3) is 0.500. The maximum absolute atomic E-state index is 10.4. The number of rotatable bonds is 10. The Labute approximate surface area is 114 Å². The van der Waals surface area contributed by atoms with Crippen LogP contribution in [0, 0.1) is 0 Å². The molecule has 0 saturated carbocycles. The monoisotopic (exact) mass is 266 g/mol. The minimum atomic E-state index is -0.497. The summed E-state index contributed by atoms with van der Waals surface area (Å²) in [5.74, 6) is 0.376. The molecule has 0 atom stereocenters. The van der Waals surface area contributed by atoms with E-state index in [1.165, 1.54) is 12.8 Å². The van der Waals surface area contributed by atoms with E-state index in [1.54, 1.807) is 0 Å². The van der Waals surface area contributed by atoms with E-state index >= 15 is 0 Å². The van der Waals surface area contributed by atoms with Crippen LogP contribution in [0.2, 0.25) is 0 Å². The van der Waals surface area contributed by atoms with Gasteiger partial charge in [-0.25, -0.2) is 0 Å². The van der Waals surface area contributed by atoms with Crippen LogP contribution in [0.25, 0.3) is 0 Å². The van der Waals surface area contributed by atoms with Crippen molar-refractivity contribution in [2.45, 2.75) is 32.7 Å². The van der Waals surface area contributed by atoms with Gasteiger partial charge < -0.3 is 10.5 Å². The van der Waals surface area contributed by atoms with E-state index in [1.807, 2.05) is 24.3 Å². The van der Waals surface area contributed by atoms with Crippen molar-refractivity contribution in [3.63, 3.8) is 0 Å². The second kappa shape index (κ2) is 9.35. The minimum absolute atomic E-state index is 0.126. The Hall–Kier alpha value is -1.59. The third-order valence-electron chi connectivity index (χ3n) is 2.53. The van der Waals surface area contributed by atoms with Gasteiger partial charge in [0.2, 0.25) is 5.91 Å². The van der Waals surface area contributed by atoms with Crippen molar-refractivity contribution in [3.8, 4) is 5.75 Å². The highest BCUT2D eigenvalue weighted by Gasteiger charge is 1.97. The molecule has 1 aromatic rings. The highest BCUT2D eigenvalue weighted by Crippen LogP contribution is 2.12. The van der Waals surface area contributed by atoms with Gasteiger partial charge in [0.05, 0.1) is 6.61 Å². The Balaban J connectivity index is 2.21. The molecule has 0 aliphatic heterocycles. The maximum Gasteiger partial charge on any atom is 0.245 e. The lowest BCUT2D eigenvalue weighted by atomic mass is 10.2. The minimum Gasteiger partial charge on any atom is -0.494 e. The first-order chi connectivity index (χ1) is 9.22. The topological polar surface area (TPSA) is 73.6 Å². The van der Waals surface area contributed by atoms with Crippen molar-refractivity contribution in [2.75, 3.05) is 13.2 Å². The number of nitrogens with two attached hydrogens (primary N) is 1. The van der Waals surface area contributed by atoms with Crippen LogP contribution in [-0.2, 0) is 16.2 Å². The molecule has 0 fully saturated rings. The molecule has 0 aliphatic rings. The summed E-state index contributed by atoms with van der Waals surface area (Å²) in [5, 5.41) is 0. The molecular formula is C14H22N2O3. The molecular weight excluding hydrogens is 244 g/mol. The first kappa shape index (κ1) is 15.5. The smallest absolute Gasteiger partial charge is 0.245 e. The van der Waals surface area contributed by atoms with Crippen molar-refractivity contribution in [2.24, 2.45) is 5.73 Å². The van der Waals surface area contributed by atoms with Crippen LogP contribution >= 0.6 is 0 Å². The molecule has 5 nitrogen and oxygen atoms in total. The predicted octanol–water partition coefficient (Wildman–Crippen LogP) is 1.76. The summed E-state index contributed by atoms with van der Waals surface area (Å²) >= 11 is 0. The van der Waals surface area contributed by atoms with E-state index in [0.29, 0.717) is 6.54 Å². The van der Waals surface area contributed by atoms with Gasteiger partial charge in [0.15, 0.2) is 0 Å². The van der Waals surface area contributed by atoms with Gasteiger partial charge in [0.25, 0.3) is 0 Å². The van der Waals surface area contributed by atoms with E-state index in [0.717, 1.165) is 24.3 Å². The molecule has 0 saturated heterocycles. The maximum atomic E-state index is 10.4. The van der Waals surface area contributed by atoms with E-state index in [-0.39, 0.29) is 6.61 Å². The lowest BCUT2D eigenvalue weighted by Crippen LogP contribution is -2.24. The highest BCUT2D eigenvalue weighted by molar-refractivity contribution is 5.74. The number of nitrogens with one attached hydrogen (secondary N) is 1. The molecule has 1 amide bonds. The van der Waals surface area contributed by atoms with Crippen LogP contribution in [-0.4, -0.2) is 19.1 Å². The average molecular weight is 266 g/mol. The number of primary amides is 1. The van der Waals surface area contributed by atoms with Gasteiger partial charge in [-0.3, -0.25) is 9.63 Å². The first-order valence-corrected chi connectivity index (χ1v) is 6.57. The van der Waals surface area contributed by atoms with Crippen LogP contribution in [0.5, 0.6) is 5.75 Å². The van der Waals surface area contributed by atoms with Crippen molar-refractivity contribution in [1.82, 2.24) is 5.48 Å². The number of unbranched alkanes of at least 4 members (excludes halogenated alkanes) is 2. The molecule has 0 aromatic heterocycles. The number of benzene rings is 1. The van der Waals surface area contributed by atoms with Gasteiger partial charge in [0.1, 0.15) is 12.4 Å². The van der Waals surface area contributed by atoms with Crippen molar-refractivity contribution in [3.05, 3.63) is 29.8 Å². The number of amides is 1. The van der Waals surface area contributed by atoms with Crippen LogP contribution in [0.15, 0.2) is 24.3 Å². The lowest BCUT2D eigenvalue weighted by Gasteiger charge is -2.07.